The van der Waals surface area contributed by atoms with Crippen molar-refractivity contribution in [1.82, 2.24) is 0 Å². The van der Waals surface area contributed by atoms with Gasteiger partial charge in [-0.15, -0.1) is 11.8 Å². The van der Waals surface area contributed by atoms with Gasteiger partial charge in [-0.05, 0) is 50.8 Å². The number of carbonyl (C=O) groups excluding carboxylic acids is 2. The van der Waals surface area contributed by atoms with Gasteiger partial charge in [0.25, 0.3) is 0 Å². The molecule has 26 heavy (non-hydrogen) atoms. The van der Waals surface area contributed by atoms with Crippen LogP contribution >= 0.6 is 11.8 Å². The lowest BCUT2D eigenvalue weighted by Gasteiger charge is -2.34. The van der Waals surface area contributed by atoms with Crippen molar-refractivity contribution >= 4 is 23.5 Å². The second-order valence-corrected chi connectivity index (χ2v) is 8.68. The molecule has 0 amide bonds. The summed E-state index contributed by atoms with van der Waals surface area (Å²) in [6.07, 6.45) is 5.66. The van der Waals surface area contributed by atoms with Crippen LogP contribution in [0.1, 0.15) is 45.4 Å². The fourth-order valence-corrected chi connectivity index (χ4v) is 5.31. The Bertz CT molecular complexity index is 659. The Morgan fingerprint density at radius 3 is 2.69 bits per heavy atom. The molecule has 0 spiro atoms. The molecular formula is C21H26O4S. The van der Waals surface area contributed by atoms with E-state index in [1.165, 1.54) is 6.08 Å². The zero-order chi connectivity index (χ0) is 18.6. The van der Waals surface area contributed by atoms with Gasteiger partial charge in [-0.2, -0.15) is 0 Å². The Labute approximate surface area is 159 Å². The predicted octanol–water partition coefficient (Wildman–Crippen LogP) is 4.33. The molecule has 4 nitrogen and oxygen atoms in total. The Morgan fingerprint density at radius 2 is 2.04 bits per heavy atom. The van der Waals surface area contributed by atoms with E-state index in [-0.39, 0.29) is 30.1 Å². The Kier molecular flexibility index (Phi) is 6.20. The van der Waals surface area contributed by atoms with Crippen LogP contribution in [-0.2, 0) is 19.1 Å². The van der Waals surface area contributed by atoms with E-state index in [1.807, 2.05) is 37.3 Å². The molecule has 1 aromatic rings. The summed E-state index contributed by atoms with van der Waals surface area (Å²) < 4.78 is 11.1. The first-order chi connectivity index (χ1) is 12.5. The van der Waals surface area contributed by atoms with Crippen LogP contribution in [0.3, 0.4) is 0 Å². The number of rotatable bonds is 7. The molecule has 2 fully saturated rings. The minimum absolute atomic E-state index is 0.0120. The number of esters is 1. The number of benzene rings is 1. The first-order valence-electron chi connectivity index (χ1n) is 9.26. The fraction of sp³-hybridized carbons (Fsp3) is 0.524. The number of hydrogen-bond acceptors (Lipinski definition) is 5. The molecule has 2 heterocycles. The normalized spacial score (nSPS) is 31.4. The molecule has 2 aliphatic rings. The van der Waals surface area contributed by atoms with Crippen molar-refractivity contribution in [2.45, 2.75) is 73.4 Å². The number of ketones is 1. The molecule has 5 heteroatoms. The van der Waals surface area contributed by atoms with E-state index in [9.17, 15) is 9.59 Å². The topological polar surface area (TPSA) is 52.6 Å². The summed E-state index contributed by atoms with van der Waals surface area (Å²) in [6, 6.07) is 9.98. The quantitative estimate of drug-likeness (QED) is 0.525. The Balaban J connectivity index is 1.72. The summed E-state index contributed by atoms with van der Waals surface area (Å²) in [7, 11) is 0. The Hall–Kier alpha value is -1.59. The van der Waals surface area contributed by atoms with Gasteiger partial charge in [-0.25, -0.2) is 0 Å². The van der Waals surface area contributed by atoms with E-state index in [2.05, 4.69) is 6.58 Å². The summed E-state index contributed by atoms with van der Waals surface area (Å²) in [4.78, 5) is 25.4. The lowest BCUT2D eigenvalue weighted by Crippen LogP contribution is -2.39. The predicted molar refractivity (Wildman–Crippen MR) is 102 cm³/mol. The maximum atomic E-state index is 12.7. The third kappa shape index (κ3) is 4.57. The summed E-state index contributed by atoms with van der Waals surface area (Å²) in [5, 5.41) is 0. The zero-order valence-corrected chi connectivity index (χ0v) is 16.0. The van der Waals surface area contributed by atoms with Crippen LogP contribution in [0.2, 0.25) is 0 Å². The molecule has 1 aromatic carbocycles. The van der Waals surface area contributed by atoms with Gasteiger partial charge >= 0.3 is 5.97 Å². The van der Waals surface area contributed by atoms with Crippen LogP contribution < -0.4 is 0 Å². The lowest BCUT2D eigenvalue weighted by atomic mass is 9.91. The second kappa shape index (κ2) is 8.40. The number of allylic oxidation sites excluding steroid dienone is 1. The lowest BCUT2D eigenvalue weighted by molar-refractivity contribution is -0.144. The molecule has 0 radical (unpaired) electrons. The molecule has 1 unspecified atom stereocenters. The summed E-state index contributed by atoms with van der Waals surface area (Å²) >= 11 is 1.59. The molecule has 0 aliphatic carbocycles. The van der Waals surface area contributed by atoms with E-state index in [4.69, 9.17) is 9.47 Å². The van der Waals surface area contributed by atoms with Crippen LogP contribution in [0.25, 0.3) is 0 Å². The molecule has 3 rings (SSSR count). The molecular weight excluding hydrogens is 348 g/mol. The number of thioether (sulfide) groups is 1. The zero-order valence-electron chi connectivity index (χ0n) is 15.2. The van der Waals surface area contributed by atoms with Crippen LogP contribution in [0.15, 0.2) is 47.9 Å². The molecule has 4 atom stereocenters. The van der Waals surface area contributed by atoms with Crippen molar-refractivity contribution in [3.63, 3.8) is 0 Å². The minimum atomic E-state index is -0.615. The molecule has 0 bridgehead atoms. The highest BCUT2D eigenvalue weighted by Crippen LogP contribution is 2.47. The van der Waals surface area contributed by atoms with Crippen LogP contribution in [0, 0.1) is 0 Å². The molecule has 2 saturated heterocycles. The van der Waals surface area contributed by atoms with Crippen molar-refractivity contribution in [1.29, 1.82) is 0 Å². The summed E-state index contributed by atoms with van der Waals surface area (Å²) in [5.41, 5.74) is 0. The smallest absolute Gasteiger partial charge is 0.323 e. The summed E-state index contributed by atoms with van der Waals surface area (Å²) in [5.74, 6) is -0.135. The summed E-state index contributed by atoms with van der Waals surface area (Å²) in [6.45, 7) is 5.48. The van der Waals surface area contributed by atoms with Crippen LogP contribution in [-0.4, -0.2) is 34.8 Å². The van der Waals surface area contributed by atoms with Gasteiger partial charge in [0, 0.05) is 17.7 Å². The van der Waals surface area contributed by atoms with Gasteiger partial charge in [0.2, 0.25) is 0 Å². The number of carbonyl (C=O) groups is 2. The average molecular weight is 375 g/mol. The van der Waals surface area contributed by atoms with E-state index in [1.54, 1.807) is 11.8 Å². The molecule has 0 saturated carbocycles. The first kappa shape index (κ1) is 19.2. The highest BCUT2D eigenvalue weighted by atomic mass is 32.2. The molecule has 140 valence electrons. The van der Waals surface area contributed by atoms with Gasteiger partial charge in [-0.3, -0.25) is 9.59 Å². The highest BCUT2D eigenvalue weighted by Gasteiger charge is 2.50. The van der Waals surface area contributed by atoms with Gasteiger partial charge in [0.1, 0.15) is 10.9 Å². The number of ether oxygens (including phenoxy) is 2. The molecule has 0 aromatic heterocycles. The van der Waals surface area contributed by atoms with Crippen molar-refractivity contribution in [3.05, 3.63) is 43.0 Å². The van der Waals surface area contributed by atoms with E-state index in [0.717, 1.165) is 24.2 Å². The van der Waals surface area contributed by atoms with Crippen LogP contribution in [0.5, 0.6) is 0 Å². The maximum Gasteiger partial charge on any atom is 0.323 e. The maximum absolute atomic E-state index is 12.7. The largest absolute Gasteiger partial charge is 0.462 e. The standard InChI is InChI=1S/C21H26O4S/c1-3-16(22)12-17-8-7-9-18(25-17)14-21(13-15(2)24-20(21)23)26-19-10-5-4-6-11-19/h3-6,10-11,15,17-18H,1,7-9,12-14H2,2H3/t15-,17-,18+,21?/m0/s1. The first-order valence-corrected chi connectivity index (χ1v) is 10.1. The third-order valence-electron chi connectivity index (χ3n) is 5.00. The third-order valence-corrected chi connectivity index (χ3v) is 6.40. The number of hydrogen-bond donors (Lipinski definition) is 0. The van der Waals surface area contributed by atoms with Gasteiger partial charge < -0.3 is 9.47 Å². The average Bonchev–Trinajstić information content (AvgIpc) is 2.89. The van der Waals surface area contributed by atoms with Crippen molar-refractivity contribution < 1.29 is 19.1 Å². The van der Waals surface area contributed by atoms with Crippen LogP contribution in [0.4, 0.5) is 0 Å². The van der Waals surface area contributed by atoms with E-state index in [0.29, 0.717) is 19.3 Å². The fourth-order valence-electron chi connectivity index (χ4n) is 3.84. The minimum Gasteiger partial charge on any atom is -0.462 e. The van der Waals surface area contributed by atoms with Crippen molar-refractivity contribution in [3.8, 4) is 0 Å². The molecule has 0 N–H and O–H groups in total. The van der Waals surface area contributed by atoms with Gasteiger partial charge in [-0.1, -0.05) is 24.8 Å². The number of cyclic esters (lactones) is 1. The van der Waals surface area contributed by atoms with Crippen molar-refractivity contribution in [2.75, 3.05) is 0 Å². The Morgan fingerprint density at radius 1 is 1.31 bits per heavy atom. The van der Waals surface area contributed by atoms with Gasteiger partial charge in [0.05, 0.1) is 12.2 Å². The highest BCUT2D eigenvalue weighted by molar-refractivity contribution is 8.01. The monoisotopic (exact) mass is 374 g/mol. The molecule has 2 aliphatic heterocycles. The van der Waals surface area contributed by atoms with E-state index >= 15 is 0 Å². The second-order valence-electron chi connectivity index (χ2n) is 7.22. The SMILES string of the molecule is C=CC(=O)C[C@@H]1CCC[C@H](CC2(Sc3ccccc3)C[C@H](C)OC2=O)O1. The van der Waals surface area contributed by atoms with E-state index < -0.39 is 4.75 Å². The van der Waals surface area contributed by atoms with Crippen molar-refractivity contribution in [2.24, 2.45) is 0 Å². The van der Waals surface area contributed by atoms with Gasteiger partial charge in [0.15, 0.2) is 5.78 Å².